The van der Waals surface area contributed by atoms with Crippen molar-refractivity contribution in [3.05, 3.63) is 34.9 Å². The molecule has 21 heavy (non-hydrogen) atoms. The fourth-order valence-electron chi connectivity index (χ4n) is 2.03. The van der Waals surface area contributed by atoms with E-state index >= 15 is 0 Å². The maximum Gasteiger partial charge on any atom is 0.255 e. The van der Waals surface area contributed by atoms with E-state index in [1.54, 1.807) is 17.0 Å². The largest absolute Gasteiger partial charge is 0.395 e. The molecule has 1 amide bonds. The number of aliphatic hydroxyl groups excluding tert-OH is 2. The molecular weight excluding hydrogens is 266 g/mol. The number of nitrogens with zero attached hydrogens (tertiary/aromatic N) is 1. The molecule has 0 heterocycles. The third-order valence-electron chi connectivity index (χ3n) is 3.15. The minimum Gasteiger partial charge on any atom is -0.395 e. The number of unbranched alkanes of at least 4 members (excludes halogenated alkanes) is 1. The SMILES string of the molecule is CCCCN(CCO)C(=O)c1cc(C)ccc1C#CCO. The molecule has 0 atom stereocenters. The number of hydrogen-bond acceptors (Lipinski definition) is 3. The highest BCUT2D eigenvalue weighted by Crippen LogP contribution is 2.14. The Hall–Kier alpha value is -1.83. The number of carbonyl (C=O) groups excluding carboxylic acids is 1. The van der Waals surface area contributed by atoms with Crippen LogP contribution in [0.3, 0.4) is 0 Å². The van der Waals surface area contributed by atoms with Gasteiger partial charge in [0.2, 0.25) is 0 Å². The number of rotatable bonds is 6. The summed E-state index contributed by atoms with van der Waals surface area (Å²) in [5.41, 5.74) is 2.12. The van der Waals surface area contributed by atoms with Gasteiger partial charge in [0.15, 0.2) is 0 Å². The molecule has 0 radical (unpaired) electrons. The second kappa shape index (κ2) is 9.17. The van der Waals surface area contributed by atoms with Crippen LogP contribution >= 0.6 is 0 Å². The first-order valence-corrected chi connectivity index (χ1v) is 7.24. The topological polar surface area (TPSA) is 60.8 Å². The van der Waals surface area contributed by atoms with Crippen LogP contribution in [0.25, 0.3) is 0 Å². The first-order chi connectivity index (χ1) is 10.1. The zero-order chi connectivity index (χ0) is 15.7. The van der Waals surface area contributed by atoms with Gasteiger partial charge in [-0.25, -0.2) is 0 Å². The lowest BCUT2D eigenvalue weighted by atomic mass is 10.0. The van der Waals surface area contributed by atoms with E-state index in [1.807, 2.05) is 13.0 Å². The van der Waals surface area contributed by atoms with Crippen molar-refractivity contribution in [1.82, 2.24) is 4.90 Å². The summed E-state index contributed by atoms with van der Waals surface area (Å²) in [6.07, 6.45) is 1.88. The first-order valence-electron chi connectivity index (χ1n) is 7.24. The molecule has 0 unspecified atom stereocenters. The second-order valence-corrected chi connectivity index (χ2v) is 4.88. The quantitative estimate of drug-likeness (QED) is 0.782. The van der Waals surface area contributed by atoms with Gasteiger partial charge < -0.3 is 15.1 Å². The highest BCUT2D eigenvalue weighted by Gasteiger charge is 2.17. The van der Waals surface area contributed by atoms with Gasteiger partial charge in [0.05, 0.1) is 12.2 Å². The normalized spacial score (nSPS) is 9.90. The Labute approximate surface area is 126 Å². The van der Waals surface area contributed by atoms with Crippen LogP contribution < -0.4 is 0 Å². The molecule has 0 aliphatic rings. The summed E-state index contributed by atoms with van der Waals surface area (Å²) >= 11 is 0. The average molecular weight is 289 g/mol. The number of aryl methyl sites for hydroxylation is 1. The highest BCUT2D eigenvalue weighted by atomic mass is 16.3. The predicted molar refractivity (Wildman–Crippen MR) is 83.0 cm³/mol. The van der Waals surface area contributed by atoms with Gasteiger partial charge in [-0.1, -0.05) is 36.8 Å². The Morgan fingerprint density at radius 3 is 2.67 bits per heavy atom. The molecule has 1 rings (SSSR count). The maximum atomic E-state index is 12.7. The van der Waals surface area contributed by atoms with E-state index < -0.39 is 0 Å². The van der Waals surface area contributed by atoms with Crippen molar-refractivity contribution in [2.75, 3.05) is 26.3 Å². The fourth-order valence-corrected chi connectivity index (χ4v) is 2.03. The lowest BCUT2D eigenvalue weighted by molar-refractivity contribution is 0.0719. The summed E-state index contributed by atoms with van der Waals surface area (Å²) < 4.78 is 0. The van der Waals surface area contributed by atoms with Gasteiger partial charge in [0.1, 0.15) is 6.61 Å². The van der Waals surface area contributed by atoms with E-state index in [9.17, 15) is 4.79 Å². The molecule has 1 aromatic rings. The standard InChI is InChI=1S/C17H23NO3/c1-3-4-9-18(10-12-20)17(21)16-13-14(2)7-8-15(16)6-5-11-19/h7-8,13,19-20H,3-4,9-12H2,1-2H3. The Bertz CT molecular complexity index is 529. The minimum atomic E-state index is -0.238. The van der Waals surface area contributed by atoms with Gasteiger partial charge >= 0.3 is 0 Å². The summed E-state index contributed by atoms with van der Waals surface area (Å²) in [6.45, 7) is 4.63. The summed E-state index contributed by atoms with van der Waals surface area (Å²) in [5.74, 6) is 5.27. The van der Waals surface area contributed by atoms with Crippen molar-refractivity contribution in [3.8, 4) is 11.8 Å². The molecule has 0 saturated heterocycles. The first kappa shape index (κ1) is 17.2. The summed E-state index contributed by atoms with van der Waals surface area (Å²) in [6, 6.07) is 5.49. The van der Waals surface area contributed by atoms with E-state index in [2.05, 4.69) is 18.8 Å². The highest BCUT2D eigenvalue weighted by molar-refractivity contribution is 5.97. The molecule has 0 fully saturated rings. The smallest absolute Gasteiger partial charge is 0.255 e. The number of amides is 1. The molecule has 114 valence electrons. The molecule has 0 aliphatic carbocycles. The van der Waals surface area contributed by atoms with E-state index in [0.717, 1.165) is 18.4 Å². The molecule has 0 aromatic heterocycles. The maximum absolute atomic E-state index is 12.7. The van der Waals surface area contributed by atoms with Crippen LogP contribution in [-0.4, -0.2) is 47.3 Å². The van der Waals surface area contributed by atoms with Crippen molar-refractivity contribution in [1.29, 1.82) is 0 Å². The summed E-state index contributed by atoms with van der Waals surface area (Å²) in [4.78, 5) is 14.3. The van der Waals surface area contributed by atoms with Crippen LogP contribution in [0.2, 0.25) is 0 Å². The summed E-state index contributed by atoms with van der Waals surface area (Å²) in [5, 5.41) is 18.0. The Kier molecular flexibility index (Phi) is 7.52. The lowest BCUT2D eigenvalue weighted by Gasteiger charge is -2.22. The Morgan fingerprint density at radius 1 is 1.29 bits per heavy atom. The molecule has 0 spiro atoms. The number of benzene rings is 1. The van der Waals surface area contributed by atoms with Gasteiger partial charge in [-0.15, -0.1) is 0 Å². The van der Waals surface area contributed by atoms with Crippen LogP contribution in [0.4, 0.5) is 0 Å². The Morgan fingerprint density at radius 2 is 2.05 bits per heavy atom. The van der Waals surface area contributed by atoms with Crippen molar-refractivity contribution in [3.63, 3.8) is 0 Å². The molecule has 1 aromatic carbocycles. The van der Waals surface area contributed by atoms with Gasteiger partial charge in [-0.3, -0.25) is 4.79 Å². The molecule has 2 N–H and O–H groups in total. The van der Waals surface area contributed by atoms with E-state index in [4.69, 9.17) is 10.2 Å². The third-order valence-corrected chi connectivity index (χ3v) is 3.15. The summed E-state index contributed by atoms with van der Waals surface area (Å²) in [7, 11) is 0. The molecule has 0 bridgehead atoms. The monoisotopic (exact) mass is 289 g/mol. The third kappa shape index (κ3) is 5.22. The van der Waals surface area contributed by atoms with E-state index in [-0.39, 0.29) is 19.1 Å². The molecule has 0 saturated carbocycles. The predicted octanol–water partition coefficient (Wildman–Crippen LogP) is 1.57. The van der Waals surface area contributed by atoms with Crippen LogP contribution in [0.15, 0.2) is 18.2 Å². The van der Waals surface area contributed by atoms with E-state index in [1.165, 1.54) is 0 Å². The molecule has 0 aliphatic heterocycles. The Balaban J connectivity index is 3.09. The van der Waals surface area contributed by atoms with Gasteiger partial charge in [-0.05, 0) is 25.5 Å². The van der Waals surface area contributed by atoms with Gasteiger partial charge in [-0.2, -0.15) is 0 Å². The second-order valence-electron chi connectivity index (χ2n) is 4.88. The van der Waals surface area contributed by atoms with Crippen LogP contribution in [0.1, 0.15) is 41.3 Å². The minimum absolute atomic E-state index is 0.0566. The van der Waals surface area contributed by atoms with E-state index in [0.29, 0.717) is 24.2 Å². The van der Waals surface area contributed by atoms with Crippen LogP contribution in [0.5, 0.6) is 0 Å². The van der Waals surface area contributed by atoms with Crippen LogP contribution in [-0.2, 0) is 0 Å². The van der Waals surface area contributed by atoms with Crippen molar-refractivity contribution >= 4 is 5.91 Å². The lowest BCUT2D eigenvalue weighted by Crippen LogP contribution is -2.35. The van der Waals surface area contributed by atoms with Crippen molar-refractivity contribution in [2.24, 2.45) is 0 Å². The fraction of sp³-hybridized carbons (Fsp3) is 0.471. The zero-order valence-corrected chi connectivity index (χ0v) is 12.7. The number of aliphatic hydroxyl groups is 2. The molecular formula is C17H23NO3. The molecule has 4 heteroatoms. The van der Waals surface area contributed by atoms with Crippen molar-refractivity contribution in [2.45, 2.75) is 26.7 Å². The van der Waals surface area contributed by atoms with Crippen LogP contribution in [0, 0.1) is 18.8 Å². The van der Waals surface area contributed by atoms with Gasteiger partial charge in [0, 0.05) is 18.7 Å². The molecule has 4 nitrogen and oxygen atoms in total. The zero-order valence-electron chi connectivity index (χ0n) is 12.7. The van der Waals surface area contributed by atoms with Crippen molar-refractivity contribution < 1.29 is 15.0 Å². The van der Waals surface area contributed by atoms with Gasteiger partial charge in [0.25, 0.3) is 5.91 Å². The number of hydrogen-bond donors (Lipinski definition) is 2. The average Bonchev–Trinajstić information content (AvgIpc) is 2.49. The number of carbonyl (C=O) groups is 1.